The summed E-state index contributed by atoms with van der Waals surface area (Å²) in [6, 6.07) is 35.2. The third-order valence-corrected chi connectivity index (χ3v) is 6.40. The predicted molar refractivity (Wildman–Crippen MR) is 145 cm³/mol. The zero-order valence-electron chi connectivity index (χ0n) is 20.4. The first-order valence-electron chi connectivity index (χ1n) is 11.8. The Labute approximate surface area is 207 Å². The van der Waals surface area contributed by atoms with Crippen LogP contribution in [0.4, 0.5) is 17.1 Å². The van der Waals surface area contributed by atoms with Gasteiger partial charge in [-0.25, -0.2) is 0 Å². The lowest BCUT2D eigenvalue weighted by atomic mass is 9.88. The van der Waals surface area contributed by atoms with Crippen molar-refractivity contribution in [1.82, 2.24) is 0 Å². The van der Waals surface area contributed by atoms with Crippen molar-refractivity contribution in [2.45, 2.75) is 13.8 Å². The second-order valence-corrected chi connectivity index (χ2v) is 8.27. The molecular weight excluding hydrogens is 428 g/mol. The SMILES string of the molecule is CCN(CC)c1c(C#N)c(-c2ccccc2)cc(-c2ccc(N(C)c3ccccc3)cc2)c1C#N. The minimum atomic E-state index is 0.536. The first-order valence-corrected chi connectivity index (χ1v) is 11.8. The third kappa shape index (κ3) is 4.60. The smallest absolute Gasteiger partial charge is 0.102 e. The van der Waals surface area contributed by atoms with E-state index in [0.29, 0.717) is 29.9 Å². The van der Waals surface area contributed by atoms with Gasteiger partial charge in [0.05, 0.1) is 16.8 Å². The van der Waals surface area contributed by atoms with Crippen LogP contribution in [-0.4, -0.2) is 20.1 Å². The van der Waals surface area contributed by atoms with Gasteiger partial charge in [-0.05, 0) is 55.3 Å². The average molecular weight is 457 g/mol. The molecule has 4 aromatic rings. The average Bonchev–Trinajstić information content (AvgIpc) is 2.93. The van der Waals surface area contributed by atoms with Crippen molar-refractivity contribution in [2.75, 3.05) is 29.9 Å². The van der Waals surface area contributed by atoms with Crippen LogP contribution in [0.2, 0.25) is 0 Å². The van der Waals surface area contributed by atoms with E-state index in [1.54, 1.807) is 0 Å². The largest absolute Gasteiger partial charge is 0.370 e. The maximum Gasteiger partial charge on any atom is 0.102 e. The van der Waals surface area contributed by atoms with Crippen molar-refractivity contribution in [3.05, 3.63) is 102 Å². The fraction of sp³-hybridized carbons (Fsp3) is 0.161. The molecule has 0 saturated carbocycles. The molecule has 0 aliphatic rings. The first kappa shape index (κ1) is 23.6. The van der Waals surface area contributed by atoms with E-state index in [-0.39, 0.29) is 0 Å². The zero-order chi connectivity index (χ0) is 24.8. The molecule has 172 valence electrons. The predicted octanol–water partition coefficient (Wildman–Crippen LogP) is 7.38. The molecule has 4 rings (SSSR count). The zero-order valence-corrected chi connectivity index (χ0v) is 20.4. The summed E-state index contributed by atoms with van der Waals surface area (Å²) in [4.78, 5) is 4.23. The van der Waals surface area contributed by atoms with Gasteiger partial charge in [-0.2, -0.15) is 10.5 Å². The van der Waals surface area contributed by atoms with Crippen LogP contribution in [-0.2, 0) is 0 Å². The Morgan fingerprint density at radius 3 is 1.57 bits per heavy atom. The van der Waals surface area contributed by atoms with Gasteiger partial charge in [0.1, 0.15) is 12.1 Å². The molecule has 35 heavy (non-hydrogen) atoms. The minimum absolute atomic E-state index is 0.536. The van der Waals surface area contributed by atoms with Gasteiger partial charge in [0.15, 0.2) is 0 Å². The minimum Gasteiger partial charge on any atom is -0.370 e. The Kier molecular flexibility index (Phi) is 7.15. The fourth-order valence-corrected chi connectivity index (χ4v) is 4.49. The van der Waals surface area contributed by atoms with Gasteiger partial charge in [-0.15, -0.1) is 0 Å². The molecule has 0 aromatic heterocycles. The lowest BCUT2D eigenvalue weighted by Gasteiger charge is -2.26. The number of nitriles is 2. The molecule has 0 aliphatic heterocycles. The summed E-state index contributed by atoms with van der Waals surface area (Å²) >= 11 is 0. The van der Waals surface area contributed by atoms with Crippen LogP contribution in [0.15, 0.2) is 91.0 Å². The standard InChI is InChI=1S/C31H28N4/c1-4-35(5-2)31-29(21-32)27(23-12-8-6-9-13-23)20-28(30(31)22-33)24-16-18-26(19-17-24)34(3)25-14-10-7-11-15-25/h6-20H,4-5H2,1-3H3. The molecule has 0 amide bonds. The molecule has 0 heterocycles. The highest BCUT2D eigenvalue weighted by molar-refractivity contribution is 5.90. The van der Waals surface area contributed by atoms with E-state index in [9.17, 15) is 10.5 Å². The number of rotatable bonds is 7. The van der Waals surface area contributed by atoms with Gasteiger partial charge < -0.3 is 9.80 Å². The van der Waals surface area contributed by atoms with E-state index < -0.39 is 0 Å². The van der Waals surface area contributed by atoms with E-state index in [0.717, 1.165) is 33.6 Å². The van der Waals surface area contributed by atoms with E-state index >= 15 is 0 Å². The van der Waals surface area contributed by atoms with Crippen LogP contribution in [0, 0.1) is 22.7 Å². The Bertz CT molecular complexity index is 1370. The van der Waals surface area contributed by atoms with Gasteiger partial charge in [0.25, 0.3) is 0 Å². The van der Waals surface area contributed by atoms with Crippen molar-refractivity contribution in [2.24, 2.45) is 0 Å². The third-order valence-electron chi connectivity index (χ3n) is 6.40. The normalized spacial score (nSPS) is 10.3. The van der Waals surface area contributed by atoms with E-state index in [1.165, 1.54) is 0 Å². The summed E-state index contributed by atoms with van der Waals surface area (Å²) < 4.78 is 0. The van der Waals surface area contributed by atoms with Gasteiger partial charge >= 0.3 is 0 Å². The fourth-order valence-electron chi connectivity index (χ4n) is 4.49. The van der Waals surface area contributed by atoms with Crippen molar-refractivity contribution >= 4 is 17.1 Å². The highest BCUT2D eigenvalue weighted by Gasteiger charge is 2.23. The molecule has 4 aromatic carbocycles. The number of anilines is 3. The van der Waals surface area contributed by atoms with Gasteiger partial charge in [0, 0.05) is 42.6 Å². The molecule has 4 nitrogen and oxygen atoms in total. The molecule has 0 N–H and O–H groups in total. The summed E-state index contributed by atoms with van der Waals surface area (Å²) in [5.41, 5.74) is 7.53. The van der Waals surface area contributed by atoms with Gasteiger partial charge in [-0.1, -0.05) is 60.7 Å². The van der Waals surface area contributed by atoms with Crippen molar-refractivity contribution < 1.29 is 0 Å². The summed E-state index contributed by atoms with van der Waals surface area (Å²) in [6.45, 7) is 5.51. The number of benzene rings is 4. The summed E-state index contributed by atoms with van der Waals surface area (Å²) in [5.74, 6) is 0. The molecule has 0 fully saturated rings. The molecule has 0 unspecified atom stereocenters. The number of para-hydroxylation sites is 1. The van der Waals surface area contributed by atoms with Crippen molar-refractivity contribution in [3.63, 3.8) is 0 Å². The van der Waals surface area contributed by atoms with Gasteiger partial charge in [-0.3, -0.25) is 0 Å². The highest BCUT2D eigenvalue weighted by Crippen LogP contribution is 2.41. The Morgan fingerprint density at radius 2 is 1.09 bits per heavy atom. The quantitative estimate of drug-likeness (QED) is 0.291. The van der Waals surface area contributed by atoms with Crippen molar-refractivity contribution in [1.29, 1.82) is 10.5 Å². The second kappa shape index (κ2) is 10.6. The maximum absolute atomic E-state index is 10.3. The van der Waals surface area contributed by atoms with Crippen LogP contribution < -0.4 is 9.80 Å². The van der Waals surface area contributed by atoms with E-state index in [2.05, 4.69) is 72.2 Å². The van der Waals surface area contributed by atoms with E-state index in [4.69, 9.17) is 0 Å². The maximum atomic E-state index is 10.3. The monoisotopic (exact) mass is 456 g/mol. The molecular formula is C31H28N4. The molecule has 0 aliphatic carbocycles. The summed E-state index contributed by atoms with van der Waals surface area (Å²) in [6.07, 6.45) is 0. The lowest BCUT2D eigenvalue weighted by Crippen LogP contribution is -2.24. The molecule has 0 saturated heterocycles. The summed E-state index contributed by atoms with van der Waals surface area (Å²) in [7, 11) is 2.04. The molecule has 0 bridgehead atoms. The molecule has 0 radical (unpaired) electrons. The van der Waals surface area contributed by atoms with Crippen molar-refractivity contribution in [3.8, 4) is 34.4 Å². The molecule has 0 spiro atoms. The van der Waals surface area contributed by atoms with Crippen LogP contribution in [0.25, 0.3) is 22.3 Å². The topological polar surface area (TPSA) is 54.1 Å². The summed E-state index contributed by atoms with van der Waals surface area (Å²) in [5, 5.41) is 20.5. The van der Waals surface area contributed by atoms with Crippen LogP contribution >= 0.6 is 0 Å². The van der Waals surface area contributed by atoms with Crippen LogP contribution in [0.5, 0.6) is 0 Å². The molecule has 0 atom stereocenters. The Balaban J connectivity index is 1.91. The number of nitrogens with zero attached hydrogens (tertiary/aromatic N) is 4. The molecule has 4 heteroatoms. The highest BCUT2D eigenvalue weighted by atomic mass is 15.1. The lowest BCUT2D eigenvalue weighted by molar-refractivity contribution is 0.863. The number of hydrogen-bond donors (Lipinski definition) is 0. The van der Waals surface area contributed by atoms with Gasteiger partial charge in [0.2, 0.25) is 0 Å². The Hall–Kier alpha value is -4.54. The second-order valence-electron chi connectivity index (χ2n) is 8.27. The van der Waals surface area contributed by atoms with Crippen LogP contribution in [0.1, 0.15) is 25.0 Å². The number of hydrogen-bond acceptors (Lipinski definition) is 4. The van der Waals surface area contributed by atoms with Crippen LogP contribution in [0.3, 0.4) is 0 Å². The van der Waals surface area contributed by atoms with E-state index in [1.807, 2.05) is 61.6 Å². The first-order chi connectivity index (χ1) is 17.1. The Morgan fingerprint density at radius 1 is 0.629 bits per heavy atom.